The number of hydrogen-bond acceptors (Lipinski definition) is 1. The highest BCUT2D eigenvalue weighted by Gasteiger charge is 2.27. The van der Waals surface area contributed by atoms with E-state index < -0.39 is 18.4 Å². The van der Waals surface area contributed by atoms with Gasteiger partial charge in [0.1, 0.15) is 0 Å². The third-order valence-electron chi connectivity index (χ3n) is 1.21. The summed E-state index contributed by atoms with van der Waals surface area (Å²) in [5, 5.41) is 2.08. The summed E-state index contributed by atoms with van der Waals surface area (Å²) in [6.07, 6.45) is 0.250. The van der Waals surface area contributed by atoms with Gasteiger partial charge in [-0.2, -0.15) is 0 Å². The molecule has 0 aliphatic carbocycles. The van der Waals surface area contributed by atoms with Crippen LogP contribution < -0.4 is 5.32 Å². The van der Waals surface area contributed by atoms with E-state index in [0.29, 0.717) is 6.42 Å². The van der Waals surface area contributed by atoms with Gasteiger partial charge in [-0.1, -0.05) is 27.2 Å². The maximum atomic E-state index is 12.6. The molecule has 2 nitrogen and oxygen atoms in total. The Hall–Kier alpha value is -0.670. The third-order valence-corrected chi connectivity index (χ3v) is 1.21. The molecule has 0 radical (unpaired) electrons. The molecule has 0 unspecified atom stereocenters. The molecule has 0 heterocycles. The number of amides is 1. The minimum Gasteiger partial charge on any atom is -0.350 e. The van der Waals surface area contributed by atoms with Crippen LogP contribution in [0.25, 0.3) is 0 Å². The highest BCUT2D eigenvalue weighted by atomic mass is 19.3. The number of hydrogen-bond donors (Lipinski definition) is 1. The second kappa shape index (κ2) is 7.95. The molecule has 13 heavy (non-hydrogen) atoms. The van der Waals surface area contributed by atoms with Crippen molar-refractivity contribution in [2.24, 2.45) is 0 Å². The highest BCUT2D eigenvalue weighted by Crippen LogP contribution is 2.18. The Morgan fingerprint density at radius 1 is 1.38 bits per heavy atom. The van der Waals surface area contributed by atoms with Crippen molar-refractivity contribution in [1.82, 2.24) is 5.32 Å². The Bertz CT molecular complexity index is 138. The Kier molecular flexibility index (Phi) is 9.07. The fraction of sp³-hybridized carbons (Fsp3) is 0.889. The van der Waals surface area contributed by atoms with Gasteiger partial charge in [0.05, 0.1) is 6.54 Å². The van der Waals surface area contributed by atoms with E-state index in [-0.39, 0.29) is 6.42 Å². The smallest absolute Gasteiger partial charge is 0.265 e. The standard InChI is InChI=1S/C7H13F2NO.C2H6/c1-3-4-7(8,9)5-10-6(2)11;1-2/h3-5H2,1-2H3,(H,10,11);1-2H3. The monoisotopic (exact) mass is 195 g/mol. The predicted octanol–water partition coefficient (Wildman–Crippen LogP) is 2.58. The van der Waals surface area contributed by atoms with Crippen molar-refractivity contribution < 1.29 is 13.6 Å². The van der Waals surface area contributed by atoms with E-state index >= 15 is 0 Å². The Morgan fingerprint density at radius 3 is 2.15 bits per heavy atom. The number of rotatable bonds is 4. The maximum absolute atomic E-state index is 12.6. The molecule has 0 bridgehead atoms. The maximum Gasteiger partial charge on any atom is 0.265 e. The lowest BCUT2D eigenvalue weighted by atomic mass is 10.2. The average molecular weight is 195 g/mol. The van der Waals surface area contributed by atoms with E-state index in [1.165, 1.54) is 6.92 Å². The summed E-state index contributed by atoms with van der Waals surface area (Å²) in [6.45, 7) is 6.36. The molecule has 0 saturated carbocycles. The number of carbonyl (C=O) groups is 1. The number of carbonyl (C=O) groups excluding carboxylic acids is 1. The first-order chi connectivity index (χ1) is 5.98. The predicted molar refractivity (Wildman–Crippen MR) is 49.9 cm³/mol. The normalized spacial score (nSPS) is 10.0. The van der Waals surface area contributed by atoms with Gasteiger partial charge in [-0.3, -0.25) is 4.79 Å². The largest absolute Gasteiger partial charge is 0.350 e. The zero-order valence-electron chi connectivity index (χ0n) is 8.79. The van der Waals surface area contributed by atoms with Crippen LogP contribution >= 0.6 is 0 Å². The van der Waals surface area contributed by atoms with Crippen LogP contribution in [0.15, 0.2) is 0 Å². The molecule has 1 N–H and O–H groups in total. The molecule has 0 aromatic heterocycles. The lowest BCUT2D eigenvalue weighted by Crippen LogP contribution is -2.35. The van der Waals surface area contributed by atoms with E-state index in [1.54, 1.807) is 6.92 Å². The van der Waals surface area contributed by atoms with Crippen LogP contribution in [0.1, 0.15) is 40.5 Å². The Balaban J connectivity index is 0. The van der Waals surface area contributed by atoms with E-state index in [2.05, 4.69) is 5.32 Å². The van der Waals surface area contributed by atoms with E-state index in [1.807, 2.05) is 13.8 Å². The highest BCUT2D eigenvalue weighted by molar-refractivity contribution is 5.72. The SMILES string of the molecule is CC.CCCC(F)(F)CNC(C)=O. The van der Waals surface area contributed by atoms with Crippen LogP contribution in [0.2, 0.25) is 0 Å². The topological polar surface area (TPSA) is 29.1 Å². The first kappa shape index (κ1) is 14.8. The van der Waals surface area contributed by atoms with Gasteiger partial charge in [-0.25, -0.2) is 8.78 Å². The van der Waals surface area contributed by atoms with Gasteiger partial charge in [0.15, 0.2) is 0 Å². The summed E-state index contributed by atoms with van der Waals surface area (Å²) in [7, 11) is 0. The first-order valence-electron chi connectivity index (χ1n) is 4.60. The Labute approximate surface area is 78.7 Å². The molecule has 0 rings (SSSR count). The summed E-state index contributed by atoms with van der Waals surface area (Å²) < 4.78 is 25.1. The Morgan fingerprint density at radius 2 is 1.85 bits per heavy atom. The molecule has 4 heteroatoms. The van der Waals surface area contributed by atoms with E-state index in [0.717, 1.165) is 0 Å². The van der Waals surface area contributed by atoms with Crippen molar-refractivity contribution in [3.8, 4) is 0 Å². The van der Waals surface area contributed by atoms with Crippen molar-refractivity contribution in [3.63, 3.8) is 0 Å². The summed E-state index contributed by atoms with van der Waals surface area (Å²) in [5.74, 6) is -3.17. The first-order valence-corrected chi connectivity index (χ1v) is 4.60. The molecule has 0 aromatic rings. The summed E-state index contributed by atoms with van der Waals surface area (Å²) in [5.41, 5.74) is 0. The second-order valence-electron chi connectivity index (χ2n) is 2.52. The van der Waals surface area contributed by atoms with Crippen molar-refractivity contribution in [3.05, 3.63) is 0 Å². The van der Waals surface area contributed by atoms with Gasteiger partial charge >= 0.3 is 0 Å². The quantitative estimate of drug-likeness (QED) is 0.734. The second-order valence-corrected chi connectivity index (χ2v) is 2.52. The molecule has 0 fully saturated rings. The molecular weight excluding hydrogens is 176 g/mol. The molecule has 0 spiro atoms. The summed E-state index contributed by atoms with van der Waals surface area (Å²) >= 11 is 0. The van der Waals surface area contributed by atoms with Crippen LogP contribution in [-0.2, 0) is 4.79 Å². The third kappa shape index (κ3) is 11.3. The minimum atomic E-state index is -2.75. The summed E-state index contributed by atoms with van der Waals surface area (Å²) in [4.78, 5) is 10.3. The zero-order valence-corrected chi connectivity index (χ0v) is 8.79. The van der Waals surface area contributed by atoms with Crippen molar-refractivity contribution in [2.45, 2.75) is 46.5 Å². The van der Waals surface area contributed by atoms with Crippen LogP contribution in [0.5, 0.6) is 0 Å². The fourth-order valence-electron chi connectivity index (χ4n) is 0.708. The molecular formula is C9H19F2NO. The van der Waals surface area contributed by atoms with Gasteiger partial charge < -0.3 is 5.32 Å². The molecule has 0 aromatic carbocycles. The van der Waals surface area contributed by atoms with Crippen molar-refractivity contribution in [1.29, 1.82) is 0 Å². The van der Waals surface area contributed by atoms with Crippen LogP contribution in [0.3, 0.4) is 0 Å². The molecule has 1 amide bonds. The lowest BCUT2D eigenvalue weighted by molar-refractivity contribution is -0.121. The molecule has 0 aliphatic heterocycles. The van der Waals surface area contributed by atoms with Crippen LogP contribution in [-0.4, -0.2) is 18.4 Å². The van der Waals surface area contributed by atoms with Gasteiger partial charge in [-0.15, -0.1) is 0 Å². The molecule has 0 aliphatic rings. The molecule has 80 valence electrons. The molecule has 0 saturated heterocycles. The van der Waals surface area contributed by atoms with Gasteiger partial charge in [0.2, 0.25) is 5.91 Å². The average Bonchev–Trinajstić information content (AvgIpc) is 2.05. The van der Waals surface area contributed by atoms with Crippen molar-refractivity contribution in [2.75, 3.05) is 6.54 Å². The number of halogens is 2. The van der Waals surface area contributed by atoms with Crippen molar-refractivity contribution >= 4 is 5.91 Å². The van der Waals surface area contributed by atoms with Crippen LogP contribution in [0, 0.1) is 0 Å². The van der Waals surface area contributed by atoms with Gasteiger partial charge in [-0.05, 0) is 0 Å². The van der Waals surface area contributed by atoms with Gasteiger partial charge in [0.25, 0.3) is 5.92 Å². The number of nitrogens with one attached hydrogen (secondary N) is 1. The zero-order chi connectivity index (χ0) is 10.9. The van der Waals surface area contributed by atoms with Crippen LogP contribution in [0.4, 0.5) is 8.78 Å². The number of alkyl halides is 2. The molecule has 0 atom stereocenters. The fourth-order valence-corrected chi connectivity index (χ4v) is 0.708. The van der Waals surface area contributed by atoms with E-state index in [9.17, 15) is 13.6 Å². The lowest BCUT2D eigenvalue weighted by Gasteiger charge is -2.14. The minimum absolute atomic E-state index is 0.173. The van der Waals surface area contributed by atoms with Gasteiger partial charge in [0, 0.05) is 13.3 Å². The van der Waals surface area contributed by atoms with E-state index in [4.69, 9.17) is 0 Å². The summed E-state index contributed by atoms with van der Waals surface area (Å²) in [6, 6.07) is 0.